The van der Waals surface area contributed by atoms with Gasteiger partial charge in [0.15, 0.2) is 0 Å². The molecule has 0 unspecified atom stereocenters. The van der Waals surface area contributed by atoms with E-state index in [1.54, 1.807) is 0 Å². The number of nitrogens with one attached hydrogen (secondary N) is 2. The summed E-state index contributed by atoms with van der Waals surface area (Å²) in [5.74, 6) is -0.541. The van der Waals surface area contributed by atoms with Crippen molar-refractivity contribution in [3.8, 4) is 10.6 Å². The van der Waals surface area contributed by atoms with Gasteiger partial charge in [-0.1, -0.05) is 72.0 Å². The van der Waals surface area contributed by atoms with Crippen molar-refractivity contribution >= 4 is 28.3 Å². The fraction of sp³-hybridized carbons (Fsp3) is 0.111. The zero-order valence-electron chi connectivity index (χ0n) is 13.3. The van der Waals surface area contributed by atoms with Crippen molar-refractivity contribution < 1.29 is 9.59 Å². The van der Waals surface area contributed by atoms with E-state index >= 15 is 0 Å². The number of carbonyl (C=O) groups excluding carboxylic acids is 2. The zero-order valence-corrected chi connectivity index (χ0v) is 14.1. The van der Waals surface area contributed by atoms with Gasteiger partial charge in [-0.25, -0.2) is 0 Å². The third-order valence-corrected chi connectivity index (χ3v) is 4.23. The van der Waals surface area contributed by atoms with Crippen LogP contribution in [-0.2, 0) is 16.0 Å². The highest BCUT2D eigenvalue weighted by atomic mass is 32.1. The minimum absolute atomic E-state index is 0.105. The van der Waals surface area contributed by atoms with E-state index in [1.165, 1.54) is 11.3 Å². The van der Waals surface area contributed by atoms with Gasteiger partial charge < -0.3 is 5.32 Å². The van der Waals surface area contributed by atoms with Gasteiger partial charge in [-0.3, -0.25) is 14.9 Å². The Bertz CT molecular complexity index is 850. The fourth-order valence-corrected chi connectivity index (χ4v) is 2.92. The van der Waals surface area contributed by atoms with Gasteiger partial charge in [-0.05, 0) is 5.56 Å². The van der Waals surface area contributed by atoms with E-state index in [0.29, 0.717) is 5.13 Å². The van der Waals surface area contributed by atoms with Crippen molar-refractivity contribution in [1.29, 1.82) is 0 Å². The van der Waals surface area contributed by atoms with Gasteiger partial charge in [-0.2, -0.15) is 0 Å². The van der Waals surface area contributed by atoms with Crippen LogP contribution >= 0.6 is 11.3 Å². The summed E-state index contributed by atoms with van der Waals surface area (Å²) >= 11 is 1.28. The molecule has 0 radical (unpaired) electrons. The van der Waals surface area contributed by atoms with Crippen LogP contribution in [0.15, 0.2) is 60.7 Å². The molecule has 2 aromatic carbocycles. The van der Waals surface area contributed by atoms with Crippen LogP contribution in [0.4, 0.5) is 5.13 Å². The zero-order chi connectivity index (χ0) is 17.5. The molecule has 25 heavy (non-hydrogen) atoms. The molecule has 6 nitrogen and oxygen atoms in total. The Hall–Kier alpha value is -3.06. The van der Waals surface area contributed by atoms with Gasteiger partial charge in [0.2, 0.25) is 16.9 Å². The highest BCUT2D eigenvalue weighted by Crippen LogP contribution is 2.25. The molecular formula is C18H16N4O2S. The number of nitrogens with zero attached hydrogens (tertiary/aromatic N) is 2. The van der Waals surface area contributed by atoms with Crippen LogP contribution in [0, 0.1) is 0 Å². The molecule has 0 saturated heterocycles. The summed E-state index contributed by atoms with van der Waals surface area (Å²) < 4.78 is 0. The van der Waals surface area contributed by atoms with Crippen molar-refractivity contribution in [3.63, 3.8) is 0 Å². The Morgan fingerprint density at radius 3 is 2.28 bits per heavy atom. The molecule has 0 spiro atoms. The van der Waals surface area contributed by atoms with Crippen molar-refractivity contribution in [2.45, 2.75) is 6.42 Å². The van der Waals surface area contributed by atoms with Gasteiger partial charge in [-0.15, -0.1) is 10.2 Å². The lowest BCUT2D eigenvalue weighted by Crippen LogP contribution is -2.33. The monoisotopic (exact) mass is 352 g/mol. The number of rotatable bonds is 6. The Morgan fingerprint density at radius 1 is 0.880 bits per heavy atom. The van der Waals surface area contributed by atoms with Crippen molar-refractivity contribution in [1.82, 2.24) is 15.5 Å². The number of hydrogen-bond donors (Lipinski definition) is 2. The van der Waals surface area contributed by atoms with Crippen LogP contribution in [0.25, 0.3) is 10.6 Å². The van der Waals surface area contributed by atoms with Crippen LogP contribution < -0.4 is 10.6 Å². The molecule has 3 rings (SSSR count). The molecule has 2 amide bonds. The Kier molecular flexibility index (Phi) is 5.48. The third-order valence-electron chi connectivity index (χ3n) is 3.35. The van der Waals surface area contributed by atoms with Gasteiger partial charge in [0.25, 0.3) is 0 Å². The van der Waals surface area contributed by atoms with Crippen LogP contribution in [0.3, 0.4) is 0 Å². The number of carbonyl (C=O) groups is 2. The number of hydrogen-bond acceptors (Lipinski definition) is 5. The van der Waals surface area contributed by atoms with E-state index in [1.807, 2.05) is 60.7 Å². The largest absolute Gasteiger partial charge is 0.347 e. The van der Waals surface area contributed by atoms with E-state index in [2.05, 4.69) is 20.8 Å². The topological polar surface area (TPSA) is 84.0 Å². The third kappa shape index (κ3) is 4.95. The SMILES string of the molecule is O=C(Cc1ccccc1)NCC(=O)Nc1nnc(-c2ccccc2)s1. The average Bonchev–Trinajstić information content (AvgIpc) is 3.10. The predicted molar refractivity (Wildman–Crippen MR) is 97.1 cm³/mol. The number of aromatic nitrogens is 2. The predicted octanol–water partition coefficient (Wildman–Crippen LogP) is 2.50. The molecule has 1 heterocycles. The van der Waals surface area contributed by atoms with Crippen LogP contribution in [0.5, 0.6) is 0 Å². The molecule has 0 aliphatic carbocycles. The molecule has 0 saturated carbocycles. The molecule has 0 atom stereocenters. The minimum atomic E-state index is -0.336. The number of amides is 2. The van der Waals surface area contributed by atoms with E-state index in [9.17, 15) is 9.59 Å². The summed E-state index contributed by atoms with van der Waals surface area (Å²) in [6.07, 6.45) is 0.241. The first-order valence-corrected chi connectivity index (χ1v) is 8.52. The van der Waals surface area contributed by atoms with E-state index < -0.39 is 0 Å². The molecular weight excluding hydrogens is 336 g/mol. The standard InChI is InChI=1S/C18H16N4O2S/c23-15(11-13-7-3-1-4-8-13)19-12-16(24)20-18-22-21-17(25-18)14-9-5-2-6-10-14/h1-10H,11-12H2,(H,19,23)(H,20,22,24). The molecule has 0 bridgehead atoms. The molecule has 1 aromatic heterocycles. The summed E-state index contributed by atoms with van der Waals surface area (Å²) in [7, 11) is 0. The fourth-order valence-electron chi connectivity index (χ4n) is 2.16. The lowest BCUT2D eigenvalue weighted by Gasteiger charge is -2.04. The van der Waals surface area contributed by atoms with Crippen molar-refractivity contribution in [2.75, 3.05) is 11.9 Å². The maximum atomic E-state index is 11.9. The lowest BCUT2D eigenvalue weighted by atomic mass is 10.1. The molecule has 2 N–H and O–H groups in total. The molecule has 0 aliphatic rings. The summed E-state index contributed by atoms with van der Waals surface area (Å²) in [5, 5.41) is 14.4. The summed E-state index contributed by atoms with van der Waals surface area (Å²) in [6, 6.07) is 19.0. The van der Waals surface area contributed by atoms with Crippen molar-refractivity contribution in [2.24, 2.45) is 0 Å². The summed E-state index contributed by atoms with van der Waals surface area (Å²) in [6.45, 7) is -0.105. The Labute approximate surface area is 148 Å². The molecule has 3 aromatic rings. The first-order chi connectivity index (χ1) is 12.2. The van der Waals surface area contributed by atoms with E-state index in [4.69, 9.17) is 0 Å². The Balaban J connectivity index is 1.48. The maximum absolute atomic E-state index is 11.9. The van der Waals surface area contributed by atoms with Crippen LogP contribution in [0.2, 0.25) is 0 Å². The minimum Gasteiger partial charge on any atom is -0.347 e. The van der Waals surface area contributed by atoms with Crippen LogP contribution in [0.1, 0.15) is 5.56 Å². The normalized spacial score (nSPS) is 10.2. The first-order valence-electron chi connectivity index (χ1n) is 7.70. The maximum Gasteiger partial charge on any atom is 0.245 e. The van der Waals surface area contributed by atoms with Crippen LogP contribution in [-0.4, -0.2) is 28.6 Å². The first kappa shape index (κ1) is 16.8. The van der Waals surface area contributed by atoms with E-state index in [-0.39, 0.29) is 24.8 Å². The second-order valence-electron chi connectivity index (χ2n) is 5.27. The molecule has 0 fully saturated rings. The van der Waals surface area contributed by atoms with Gasteiger partial charge >= 0.3 is 0 Å². The van der Waals surface area contributed by atoms with Crippen molar-refractivity contribution in [3.05, 3.63) is 66.2 Å². The van der Waals surface area contributed by atoms with E-state index in [0.717, 1.165) is 16.1 Å². The molecule has 7 heteroatoms. The lowest BCUT2D eigenvalue weighted by molar-refractivity contribution is -0.123. The Morgan fingerprint density at radius 2 is 1.56 bits per heavy atom. The molecule has 126 valence electrons. The van der Waals surface area contributed by atoms with Gasteiger partial charge in [0.1, 0.15) is 5.01 Å². The highest BCUT2D eigenvalue weighted by molar-refractivity contribution is 7.18. The summed E-state index contributed by atoms with van der Waals surface area (Å²) in [5.41, 5.74) is 1.84. The van der Waals surface area contributed by atoms with Gasteiger partial charge in [0.05, 0.1) is 13.0 Å². The number of benzene rings is 2. The second-order valence-corrected chi connectivity index (χ2v) is 6.24. The number of anilines is 1. The quantitative estimate of drug-likeness (QED) is 0.714. The smallest absolute Gasteiger partial charge is 0.245 e. The molecule has 0 aliphatic heterocycles. The average molecular weight is 352 g/mol. The highest BCUT2D eigenvalue weighted by Gasteiger charge is 2.11. The second kappa shape index (κ2) is 8.16. The summed E-state index contributed by atoms with van der Waals surface area (Å²) in [4.78, 5) is 23.8. The van der Waals surface area contributed by atoms with Gasteiger partial charge in [0, 0.05) is 5.56 Å².